The summed E-state index contributed by atoms with van der Waals surface area (Å²) in [6.07, 6.45) is 0.554. The van der Waals surface area contributed by atoms with E-state index in [0.29, 0.717) is 6.42 Å². The zero-order valence-electron chi connectivity index (χ0n) is 5.57. The van der Waals surface area contributed by atoms with Gasteiger partial charge in [0.15, 0.2) is 4.27 Å². The minimum Gasteiger partial charge on any atom is -0.438 e. The van der Waals surface area contributed by atoms with Crippen molar-refractivity contribution in [2.75, 3.05) is 5.75 Å². The lowest BCUT2D eigenvalue weighted by Gasteiger charge is -2.20. The maximum Gasteiger partial charge on any atom is 0.317 e. The van der Waals surface area contributed by atoms with Crippen molar-refractivity contribution in [3.63, 3.8) is 0 Å². The zero-order chi connectivity index (χ0) is 8.20. The molecule has 0 atom stereocenters. The summed E-state index contributed by atoms with van der Waals surface area (Å²) >= 11 is 11.7. The number of carbonyl (C=O) groups is 1. The van der Waals surface area contributed by atoms with Gasteiger partial charge in [0.25, 0.3) is 0 Å². The number of thiol groups is 3. The molecule has 0 aromatic heterocycles. The summed E-state index contributed by atoms with van der Waals surface area (Å²) in [6.45, 7) is 1.83. The van der Waals surface area contributed by atoms with Gasteiger partial charge in [0.1, 0.15) is 0 Å². The van der Waals surface area contributed by atoms with Crippen LogP contribution in [0.4, 0.5) is 0 Å². The van der Waals surface area contributed by atoms with E-state index in [1.54, 1.807) is 0 Å². The van der Waals surface area contributed by atoms with E-state index in [9.17, 15) is 4.79 Å². The molecule has 2 nitrogen and oxygen atoms in total. The quantitative estimate of drug-likeness (QED) is 0.363. The van der Waals surface area contributed by atoms with Crippen molar-refractivity contribution in [1.29, 1.82) is 0 Å². The highest BCUT2D eigenvalue weighted by molar-refractivity contribution is 8.00. The van der Waals surface area contributed by atoms with Crippen molar-refractivity contribution in [2.45, 2.75) is 17.6 Å². The molecule has 0 aromatic carbocycles. The molecular weight excluding hydrogens is 188 g/mol. The third kappa shape index (κ3) is 4.35. The fourth-order valence-electron chi connectivity index (χ4n) is 0.287. The maximum atomic E-state index is 10.6. The summed E-state index contributed by atoms with van der Waals surface area (Å²) in [7, 11) is 0. The van der Waals surface area contributed by atoms with Crippen LogP contribution in [0, 0.1) is 0 Å². The SMILES string of the molecule is CCC(S)(S)OC(=O)CS. The Morgan fingerprint density at radius 3 is 2.40 bits per heavy atom. The minimum atomic E-state index is -0.945. The summed E-state index contributed by atoms with van der Waals surface area (Å²) in [5.41, 5.74) is 0. The molecule has 0 radical (unpaired) electrons. The molecule has 0 aromatic rings. The van der Waals surface area contributed by atoms with Gasteiger partial charge >= 0.3 is 5.97 Å². The highest BCUT2D eigenvalue weighted by atomic mass is 32.2. The van der Waals surface area contributed by atoms with E-state index < -0.39 is 10.2 Å². The maximum absolute atomic E-state index is 10.6. The number of esters is 1. The van der Waals surface area contributed by atoms with Crippen LogP contribution in [0.15, 0.2) is 0 Å². The highest BCUT2D eigenvalue weighted by Gasteiger charge is 2.21. The van der Waals surface area contributed by atoms with Gasteiger partial charge < -0.3 is 4.74 Å². The van der Waals surface area contributed by atoms with Crippen LogP contribution >= 0.6 is 37.9 Å². The lowest BCUT2D eigenvalue weighted by Crippen LogP contribution is -2.22. The van der Waals surface area contributed by atoms with E-state index in [1.807, 2.05) is 6.92 Å². The summed E-state index contributed by atoms with van der Waals surface area (Å²) in [5, 5.41) is 0. The molecule has 0 aliphatic carbocycles. The number of carbonyl (C=O) groups excluding carboxylic acids is 1. The first-order valence-corrected chi connectivity index (χ1v) is 4.32. The largest absolute Gasteiger partial charge is 0.438 e. The van der Waals surface area contributed by atoms with Gasteiger partial charge in [-0.2, -0.15) is 12.6 Å². The highest BCUT2D eigenvalue weighted by Crippen LogP contribution is 2.25. The fourth-order valence-corrected chi connectivity index (χ4v) is 0.555. The predicted molar refractivity (Wildman–Crippen MR) is 50.9 cm³/mol. The lowest BCUT2D eigenvalue weighted by atomic mass is 10.5. The van der Waals surface area contributed by atoms with Crippen molar-refractivity contribution in [2.24, 2.45) is 0 Å². The van der Waals surface area contributed by atoms with Gasteiger partial charge in [0.2, 0.25) is 0 Å². The van der Waals surface area contributed by atoms with E-state index in [1.165, 1.54) is 0 Å². The van der Waals surface area contributed by atoms with E-state index in [2.05, 4.69) is 37.9 Å². The molecule has 0 bridgehead atoms. The first-order chi connectivity index (χ1) is 4.52. The van der Waals surface area contributed by atoms with Crippen molar-refractivity contribution in [1.82, 2.24) is 0 Å². The second-order valence-corrected chi connectivity index (χ2v) is 3.84. The first-order valence-electron chi connectivity index (χ1n) is 2.79. The van der Waals surface area contributed by atoms with Crippen molar-refractivity contribution < 1.29 is 9.53 Å². The van der Waals surface area contributed by atoms with Crippen LogP contribution in [0.2, 0.25) is 0 Å². The van der Waals surface area contributed by atoms with Crippen molar-refractivity contribution >= 4 is 43.9 Å². The molecule has 0 heterocycles. The van der Waals surface area contributed by atoms with Gasteiger partial charge in [-0.1, -0.05) is 6.92 Å². The Morgan fingerprint density at radius 2 is 2.10 bits per heavy atom. The van der Waals surface area contributed by atoms with Gasteiger partial charge in [-0.3, -0.25) is 4.79 Å². The molecule has 0 aliphatic rings. The molecule has 5 heteroatoms. The topological polar surface area (TPSA) is 26.3 Å². The zero-order valence-corrected chi connectivity index (χ0v) is 8.26. The monoisotopic (exact) mass is 198 g/mol. The predicted octanol–water partition coefficient (Wildman–Crippen LogP) is 1.38. The Morgan fingerprint density at radius 1 is 1.60 bits per heavy atom. The van der Waals surface area contributed by atoms with Crippen LogP contribution in [0.25, 0.3) is 0 Å². The molecule has 0 saturated heterocycles. The van der Waals surface area contributed by atoms with E-state index in [4.69, 9.17) is 4.74 Å². The Labute approximate surface area is 76.9 Å². The van der Waals surface area contributed by atoms with Crippen LogP contribution in [-0.4, -0.2) is 16.0 Å². The third-order valence-electron chi connectivity index (χ3n) is 0.867. The fraction of sp³-hybridized carbons (Fsp3) is 0.800. The number of ether oxygens (including phenoxy) is 1. The number of hydrogen-bond acceptors (Lipinski definition) is 5. The molecule has 60 valence electrons. The van der Waals surface area contributed by atoms with Gasteiger partial charge in [-0.05, 0) is 0 Å². The molecule has 0 fully saturated rings. The van der Waals surface area contributed by atoms with Crippen molar-refractivity contribution in [3.8, 4) is 0 Å². The minimum absolute atomic E-state index is 0.0584. The number of hydrogen-bond donors (Lipinski definition) is 3. The van der Waals surface area contributed by atoms with E-state index in [0.717, 1.165) is 0 Å². The van der Waals surface area contributed by atoms with Gasteiger partial charge in [0.05, 0.1) is 5.75 Å². The molecule has 10 heavy (non-hydrogen) atoms. The Bertz CT molecular complexity index is 124. The van der Waals surface area contributed by atoms with Gasteiger partial charge in [-0.25, -0.2) is 0 Å². The van der Waals surface area contributed by atoms with Crippen LogP contribution in [0.3, 0.4) is 0 Å². The number of rotatable bonds is 3. The van der Waals surface area contributed by atoms with E-state index >= 15 is 0 Å². The average molecular weight is 198 g/mol. The standard InChI is InChI=1S/C5H10O2S3/c1-2-5(9,10)7-4(6)3-8/h8-10H,2-3H2,1H3. The van der Waals surface area contributed by atoms with Crippen LogP contribution in [0.5, 0.6) is 0 Å². The van der Waals surface area contributed by atoms with Gasteiger partial charge in [-0.15, -0.1) is 25.3 Å². The van der Waals surface area contributed by atoms with Crippen LogP contribution < -0.4 is 0 Å². The van der Waals surface area contributed by atoms with Crippen LogP contribution in [0.1, 0.15) is 13.3 Å². The molecule has 0 rings (SSSR count). The molecule has 0 aliphatic heterocycles. The second-order valence-electron chi connectivity index (χ2n) is 1.73. The molecule has 0 unspecified atom stereocenters. The summed E-state index contributed by atoms with van der Waals surface area (Å²) < 4.78 is 3.80. The average Bonchev–Trinajstić information content (AvgIpc) is 1.87. The Balaban J connectivity index is 3.76. The Kier molecular flexibility index (Phi) is 4.64. The molecular formula is C5H10O2S3. The molecule has 0 amide bonds. The third-order valence-corrected chi connectivity index (χ3v) is 1.94. The molecule has 0 saturated carbocycles. The normalized spacial score (nSPS) is 11.2. The van der Waals surface area contributed by atoms with E-state index in [-0.39, 0.29) is 5.75 Å². The van der Waals surface area contributed by atoms with Crippen molar-refractivity contribution in [3.05, 3.63) is 0 Å². The van der Waals surface area contributed by atoms with Gasteiger partial charge in [0, 0.05) is 6.42 Å². The summed E-state index contributed by atoms with van der Waals surface area (Å²) in [5.74, 6) is -0.349. The van der Waals surface area contributed by atoms with Crippen LogP contribution in [-0.2, 0) is 9.53 Å². The first kappa shape index (κ1) is 10.5. The molecule has 0 spiro atoms. The smallest absolute Gasteiger partial charge is 0.317 e. The molecule has 0 N–H and O–H groups in total. The summed E-state index contributed by atoms with van der Waals surface area (Å²) in [4.78, 5) is 10.6. The lowest BCUT2D eigenvalue weighted by molar-refractivity contribution is -0.143. The Hall–Kier alpha value is 0.520. The summed E-state index contributed by atoms with van der Waals surface area (Å²) in [6, 6.07) is 0. The second kappa shape index (κ2) is 4.41.